The maximum Gasteiger partial charge on any atom is 0.306 e. The number of rotatable bonds is 65. The smallest absolute Gasteiger partial charge is 0.306 e. The summed E-state index contributed by atoms with van der Waals surface area (Å²) in [6.07, 6.45) is 75.7. The van der Waals surface area contributed by atoms with Crippen LogP contribution in [0.5, 0.6) is 0 Å². The number of hydrogen-bond acceptors (Lipinski definition) is 8. The zero-order chi connectivity index (χ0) is 57.7. The molecule has 0 N–H and O–H groups in total. The van der Waals surface area contributed by atoms with Gasteiger partial charge in [-0.1, -0.05) is 321 Å². The van der Waals surface area contributed by atoms with Crippen LogP contribution < -0.4 is 4.89 Å². The standard InChI is InChI=1S/C69H134NO8P/c1-6-8-10-12-14-16-18-20-22-23-24-25-26-27-28-29-30-31-32-33-34-35-36-37-38-39-40-41-42-43-44-45-46-47-48-50-52-54-56-58-60-62-69(72)78-67(66-77-79(73,74)76-64-63-70(3,4)5)65-75-68(71)61-59-57-55-53-51-49-21-19-17-15-13-11-9-7-2/h18,20,23-24,67H,6-17,19,21-22,25-66H2,1-5H3/b20-18-,24-23-. The Labute approximate surface area is 491 Å². The second-order valence-corrected chi connectivity index (χ2v) is 26.3. The molecule has 0 aliphatic carbocycles. The molecule has 468 valence electrons. The summed E-state index contributed by atoms with van der Waals surface area (Å²) in [6, 6.07) is 0. The predicted octanol–water partition coefficient (Wildman–Crippen LogP) is 21.5. The Bertz CT molecular complexity index is 1380. The van der Waals surface area contributed by atoms with Gasteiger partial charge >= 0.3 is 11.9 Å². The van der Waals surface area contributed by atoms with Crippen molar-refractivity contribution in [2.45, 2.75) is 360 Å². The predicted molar refractivity (Wildman–Crippen MR) is 338 cm³/mol. The Morgan fingerprint density at radius 1 is 0.392 bits per heavy atom. The lowest BCUT2D eigenvalue weighted by Crippen LogP contribution is -2.37. The lowest BCUT2D eigenvalue weighted by molar-refractivity contribution is -0.870. The second-order valence-electron chi connectivity index (χ2n) is 24.9. The number of phosphoric acid groups is 1. The van der Waals surface area contributed by atoms with E-state index in [4.69, 9.17) is 18.5 Å². The SMILES string of the molecule is CCCCCCC/C=C\C/C=C\CCCCCCCCCCCCCCCCCCCCCCCCCCCCCCCC(=O)OC(COC(=O)CCCCCCCCCCCCCCCC)COP(=O)([O-])OCC[N+](C)(C)C. The largest absolute Gasteiger partial charge is 0.756 e. The molecule has 9 nitrogen and oxygen atoms in total. The van der Waals surface area contributed by atoms with Crippen LogP contribution in [0, 0.1) is 0 Å². The normalized spacial score (nSPS) is 13.2. The number of allylic oxidation sites excluding steroid dienone is 4. The van der Waals surface area contributed by atoms with E-state index >= 15 is 0 Å². The quantitative estimate of drug-likeness (QED) is 0.0195. The molecule has 79 heavy (non-hydrogen) atoms. The molecule has 0 bridgehead atoms. The highest BCUT2D eigenvalue weighted by molar-refractivity contribution is 7.45. The average Bonchev–Trinajstić information content (AvgIpc) is 3.41. The summed E-state index contributed by atoms with van der Waals surface area (Å²) in [7, 11) is 1.19. The van der Waals surface area contributed by atoms with Gasteiger partial charge in [-0.2, -0.15) is 0 Å². The van der Waals surface area contributed by atoms with Crippen molar-refractivity contribution < 1.29 is 42.1 Å². The van der Waals surface area contributed by atoms with E-state index in [-0.39, 0.29) is 32.0 Å². The molecule has 0 rings (SSSR count). The van der Waals surface area contributed by atoms with Crippen molar-refractivity contribution in [3.63, 3.8) is 0 Å². The van der Waals surface area contributed by atoms with Crippen molar-refractivity contribution in [2.75, 3.05) is 47.5 Å². The zero-order valence-corrected chi connectivity index (χ0v) is 54.2. The van der Waals surface area contributed by atoms with Gasteiger partial charge in [0.1, 0.15) is 19.8 Å². The Morgan fingerprint density at radius 2 is 0.684 bits per heavy atom. The third-order valence-corrected chi connectivity index (χ3v) is 16.7. The number of nitrogens with zero attached hydrogens (tertiary/aromatic N) is 1. The van der Waals surface area contributed by atoms with Crippen LogP contribution >= 0.6 is 7.82 Å². The van der Waals surface area contributed by atoms with E-state index in [1.165, 1.54) is 283 Å². The lowest BCUT2D eigenvalue weighted by Gasteiger charge is -2.28. The molecule has 0 fully saturated rings. The van der Waals surface area contributed by atoms with Gasteiger partial charge in [-0.3, -0.25) is 14.2 Å². The number of ether oxygens (including phenoxy) is 2. The molecule has 2 unspecified atom stereocenters. The summed E-state index contributed by atoms with van der Waals surface area (Å²) in [5.74, 6) is -0.811. The van der Waals surface area contributed by atoms with E-state index in [1.54, 1.807) is 0 Å². The summed E-state index contributed by atoms with van der Waals surface area (Å²) >= 11 is 0. The number of esters is 2. The highest BCUT2D eigenvalue weighted by Crippen LogP contribution is 2.38. The molecule has 0 aromatic rings. The Morgan fingerprint density at radius 3 is 1.00 bits per heavy atom. The monoisotopic (exact) mass is 1140 g/mol. The Hall–Kier alpha value is -1.51. The van der Waals surface area contributed by atoms with Crippen LogP contribution in [-0.4, -0.2) is 70.0 Å². The number of carbonyl (C=O) groups excluding carboxylic acids is 2. The highest BCUT2D eigenvalue weighted by atomic mass is 31.2. The maximum absolute atomic E-state index is 12.8. The van der Waals surface area contributed by atoms with Gasteiger partial charge in [0.25, 0.3) is 7.82 Å². The minimum absolute atomic E-state index is 0.0262. The third-order valence-electron chi connectivity index (χ3n) is 15.7. The molecule has 0 amide bonds. The van der Waals surface area contributed by atoms with E-state index < -0.39 is 26.5 Å². The first-order chi connectivity index (χ1) is 38.5. The number of phosphoric ester groups is 1. The molecule has 2 atom stereocenters. The molecule has 0 aromatic heterocycles. The topological polar surface area (TPSA) is 111 Å². The van der Waals surface area contributed by atoms with Gasteiger partial charge in [-0.15, -0.1) is 0 Å². The zero-order valence-electron chi connectivity index (χ0n) is 53.4. The van der Waals surface area contributed by atoms with Crippen molar-refractivity contribution in [3.8, 4) is 0 Å². The minimum atomic E-state index is -4.63. The molecule has 0 aliphatic heterocycles. The van der Waals surface area contributed by atoms with Crippen LogP contribution in [-0.2, 0) is 32.7 Å². The van der Waals surface area contributed by atoms with Crippen LogP contribution in [0.15, 0.2) is 24.3 Å². The van der Waals surface area contributed by atoms with Gasteiger partial charge in [0.05, 0.1) is 27.7 Å². The van der Waals surface area contributed by atoms with Crippen LogP contribution in [0.3, 0.4) is 0 Å². The van der Waals surface area contributed by atoms with E-state index in [2.05, 4.69) is 38.2 Å². The van der Waals surface area contributed by atoms with Crippen molar-refractivity contribution >= 4 is 19.8 Å². The van der Waals surface area contributed by atoms with Crippen LogP contribution in [0.25, 0.3) is 0 Å². The molecule has 0 saturated heterocycles. The summed E-state index contributed by atoms with van der Waals surface area (Å²) < 4.78 is 34.2. The second kappa shape index (κ2) is 61.1. The molecular formula is C69H134NO8P. The molecule has 0 radical (unpaired) electrons. The molecule has 0 spiro atoms. The first-order valence-corrected chi connectivity index (χ1v) is 36.0. The van der Waals surface area contributed by atoms with Gasteiger partial charge in [-0.05, 0) is 44.9 Å². The van der Waals surface area contributed by atoms with Crippen LogP contribution in [0.2, 0.25) is 0 Å². The number of carbonyl (C=O) groups is 2. The fraction of sp³-hybridized carbons (Fsp3) is 0.913. The number of hydrogen-bond donors (Lipinski definition) is 0. The number of likely N-dealkylation sites (N-methyl/N-ethyl adjacent to an activating group) is 1. The van der Waals surface area contributed by atoms with Crippen LogP contribution in [0.4, 0.5) is 0 Å². The molecule has 10 heteroatoms. The molecule has 0 saturated carbocycles. The van der Waals surface area contributed by atoms with Gasteiger partial charge in [0, 0.05) is 12.8 Å². The molecule has 0 aromatic carbocycles. The Kier molecular flexibility index (Phi) is 59.9. The van der Waals surface area contributed by atoms with Gasteiger partial charge in [0.2, 0.25) is 0 Å². The molecular weight excluding hydrogens is 1000 g/mol. The van der Waals surface area contributed by atoms with E-state index in [1.807, 2.05) is 21.1 Å². The third kappa shape index (κ3) is 65.5. The molecule has 0 heterocycles. The van der Waals surface area contributed by atoms with E-state index in [0.29, 0.717) is 17.4 Å². The lowest BCUT2D eigenvalue weighted by atomic mass is 10.0. The van der Waals surface area contributed by atoms with Gasteiger partial charge < -0.3 is 27.9 Å². The summed E-state index contributed by atoms with van der Waals surface area (Å²) in [4.78, 5) is 37.9. The number of unbranched alkanes of at least 4 members (excludes halogenated alkanes) is 47. The van der Waals surface area contributed by atoms with Crippen molar-refractivity contribution in [1.29, 1.82) is 0 Å². The highest BCUT2D eigenvalue weighted by Gasteiger charge is 2.22. The first-order valence-electron chi connectivity index (χ1n) is 34.5. The fourth-order valence-corrected chi connectivity index (χ4v) is 11.1. The van der Waals surface area contributed by atoms with E-state index in [9.17, 15) is 19.0 Å². The average molecular weight is 1140 g/mol. The van der Waals surface area contributed by atoms with E-state index in [0.717, 1.165) is 38.5 Å². The van der Waals surface area contributed by atoms with Gasteiger partial charge in [0.15, 0.2) is 6.10 Å². The van der Waals surface area contributed by atoms with Crippen molar-refractivity contribution in [3.05, 3.63) is 24.3 Å². The van der Waals surface area contributed by atoms with Crippen molar-refractivity contribution in [2.24, 2.45) is 0 Å². The van der Waals surface area contributed by atoms with Crippen molar-refractivity contribution in [1.82, 2.24) is 0 Å². The summed E-state index contributed by atoms with van der Waals surface area (Å²) in [5.41, 5.74) is 0. The fourth-order valence-electron chi connectivity index (χ4n) is 10.4. The van der Waals surface area contributed by atoms with Crippen LogP contribution in [0.1, 0.15) is 354 Å². The first kappa shape index (κ1) is 77.5. The Balaban J connectivity index is 3.82. The summed E-state index contributed by atoms with van der Waals surface area (Å²) in [6.45, 7) is 4.29. The molecule has 0 aliphatic rings. The summed E-state index contributed by atoms with van der Waals surface area (Å²) in [5, 5.41) is 0. The maximum atomic E-state index is 12.8. The number of quaternary nitrogens is 1. The minimum Gasteiger partial charge on any atom is -0.756 e. The van der Waals surface area contributed by atoms with Gasteiger partial charge in [-0.25, -0.2) is 0 Å².